The molecule has 3 N–H and O–H groups in total. The summed E-state index contributed by atoms with van der Waals surface area (Å²) < 4.78 is 18.0. The van der Waals surface area contributed by atoms with Gasteiger partial charge in [-0.2, -0.15) is 0 Å². The lowest BCUT2D eigenvalue weighted by atomic mass is 10.1. The molecule has 1 amide bonds. The van der Waals surface area contributed by atoms with E-state index in [0.29, 0.717) is 6.42 Å². The van der Waals surface area contributed by atoms with Crippen LogP contribution in [0.5, 0.6) is 0 Å². The van der Waals surface area contributed by atoms with E-state index in [1.807, 2.05) is 0 Å². The Balaban J connectivity index is 0.00000361. The molecule has 0 aliphatic carbocycles. The lowest BCUT2D eigenvalue weighted by Crippen LogP contribution is -2.20. The predicted octanol–water partition coefficient (Wildman–Crippen LogP) is 2.10. The molecule has 1 aromatic rings. The molecule has 0 aliphatic heterocycles. The molecule has 0 bridgehead atoms. The molecule has 0 heterocycles. The summed E-state index contributed by atoms with van der Waals surface area (Å²) in [5, 5.41) is 2.41. The molecule has 5 nitrogen and oxygen atoms in total. The second kappa shape index (κ2) is 8.50. The van der Waals surface area contributed by atoms with Crippen molar-refractivity contribution >= 4 is 30.0 Å². The molecule has 0 aromatic heterocycles. The van der Waals surface area contributed by atoms with Gasteiger partial charge in [0, 0.05) is 12.5 Å². The highest BCUT2D eigenvalue weighted by Crippen LogP contribution is 2.17. The van der Waals surface area contributed by atoms with Crippen LogP contribution in [0.15, 0.2) is 18.2 Å². The van der Waals surface area contributed by atoms with Crippen LogP contribution >= 0.6 is 12.4 Å². The SMILES string of the molecule is COC(=O)c1ccc(F)c(NC(=O)CCC(C)N)c1.Cl. The summed E-state index contributed by atoms with van der Waals surface area (Å²) in [6.45, 7) is 1.78. The molecule has 1 unspecified atom stereocenters. The number of esters is 1. The molecule has 0 saturated carbocycles. The third kappa shape index (κ3) is 5.54. The fourth-order valence-electron chi connectivity index (χ4n) is 1.44. The van der Waals surface area contributed by atoms with Gasteiger partial charge in [-0.05, 0) is 31.5 Å². The Morgan fingerprint density at radius 2 is 2.10 bits per heavy atom. The van der Waals surface area contributed by atoms with Gasteiger partial charge in [0.25, 0.3) is 0 Å². The number of amides is 1. The lowest BCUT2D eigenvalue weighted by Gasteiger charge is -2.09. The number of nitrogens with two attached hydrogens (primary N) is 1. The van der Waals surface area contributed by atoms with Gasteiger partial charge in [-0.15, -0.1) is 12.4 Å². The van der Waals surface area contributed by atoms with E-state index in [1.165, 1.54) is 19.2 Å². The average Bonchev–Trinajstić information content (AvgIpc) is 2.38. The van der Waals surface area contributed by atoms with Gasteiger partial charge in [0.2, 0.25) is 5.91 Å². The molecule has 7 heteroatoms. The van der Waals surface area contributed by atoms with E-state index in [1.54, 1.807) is 6.92 Å². The molecule has 0 fully saturated rings. The first-order valence-electron chi connectivity index (χ1n) is 5.87. The number of methoxy groups -OCH3 is 1. The first kappa shape index (κ1) is 18.3. The number of carbonyl (C=O) groups excluding carboxylic acids is 2. The van der Waals surface area contributed by atoms with E-state index in [2.05, 4.69) is 10.1 Å². The topological polar surface area (TPSA) is 81.4 Å². The fraction of sp³-hybridized carbons (Fsp3) is 0.385. The van der Waals surface area contributed by atoms with Crippen molar-refractivity contribution in [3.8, 4) is 0 Å². The molecule has 1 aromatic carbocycles. The van der Waals surface area contributed by atoms with Crippen LogP contribution in [0.1, 0.15) is 30.1 Å². The van der Waals surface area contributed by atoms with Crippen molar-refractivity contribution < 1.29 is 18.7 Å². The minimum absolute atomic E-state index is 0. The molecule has 0 spiro atoms. The normalized spacial score (nSPS) is 11.2. The third-order valence-corrected chi connectivity index (χ3v) is 2.49. The number of anilines is 1. The van der Waals surface area contributed by atoms with E-state index in [-0.39, 0.29) is 42.0 Å². The molecular formula is C13H18ClFN2O3. The highest BCUT2D eigenvalue weighted by molar-refractivity contribution is 5.94. The number of hydrogen-bond acceptors (Lipinski definition) is 4. The van der Waals surface area contributed by atoms with Gasteiger partial charge in [0.05, 0.1) is 18.4 Å². The average molecular weight is 305 g/mol. The van der Waals surface area contributed by atoms with Crippen molar-refractivity contribution in [3.63, 3.8) is 0 Å². The molecule has 112 valence electrons. The summed E-state index contributed by atoms with van der Waals surface area (Å²) in [6.07, 6.45) is 0.698. The summed E-state index contributed by atoms with van der Waals surface area (Å²) in [7, 11) is 1.23. The van der Waals surface area contributed by atoms with Crippen LogP contribution in [0.2, 0.25) is 0 Å². The molecule has 20 heavy (non-hydrogen) atoms. The van der Waals surface area contributed by atoms with Crippen molar-refractivity contribution in [3.05, 3.63) is 29.6 Å². The van der Waals surface area contributed by atoms with Crippen LogP contribution in [-0.4, -0.2) is 25.0 Å². The zero-order chi connectivity index (χ0) is 14.4. The zero-order valence-corrected chi connectivity index (χ0v) is 12.1. The van der Waals surface area contributed by atoms with Crippen molar-refractivity contribution in [2.45, 2.75) is 25.8 Å². The van der Waals surface area contributed by atoms with Gasteiger partial charge in [0.1, 0.15) is 5.82 Å². The van der Waals surface area contributed by atoms with Crippen LogP contribution in [0.25, 0.3) is 0 Å². The van der Waals surface area contributed by atoms with Gasteiger partial charge in [-0.1, -0.05) is 0 Å². The smallest absolute Gasteiger partial charge is 0.337 e. The number of hydrogen-bond donors (Lipinski definition) is 2. The Hall–Kier alpha value is -1.66. The Bertz CT molecular complexity index is 481. The number of carbonyl (C=O) groups is 2. The second-order valence-corrected chi connectivity index (χ2v) is 4.25. The third-order valence-electron chi connectivity index (χ3n) is 2.49. The maximum atomic E-state index is 13.5. The second-order valence-electron chi connectivity index (χ2n) is 4.25. The van der Waals surface area contributed by atoms with E-state index in [0.717, 1.165) is 6.07 Å². The first-order chi connectivity index (χ1) is 8.93. The van der Waals surface area contributed by atoms with Crippen molar-refractivity contribution in [1.29, 1.82) is 0 Å². The molecule has 1 rings (SSSR count). The Kier molecular flexibility index (Phi) is 7.79. The zero-order valence-electron chi connectivity index (χ0n) is 11.3. The first-order valence-corrected chi connectivity index (χ1v) is 5.87. The molecule has 1 atom stereocenters. The van der Waals surface area contributed by atoms with Gasteiger partial charge < -0.3 is 15.8 Å². The molecule has 0 aliphatic rings. The number of rotatable bonds is 5. The quantitative estimate of drug-likeness (QED) is 0.816. The predicted molar refractivity (Wildman–Crippen MR) is 76.5 cm³/mol. The lowest BCUT2D eigenvalue weighted by molar-refractivity contribution is -0.116. The highest BCUT2D eigenvalue weighted by atomic mass is 35.5. The highest BCUT2D eigenvalue weighted by Gasteiger charge is 2.12. The van der Waals surface area contributed by atoms with E-state index >= 15 is 0 Å². The minimum Gasteiger partial charge on any atom is -0.465 e. The van der Waals surface area contributed by atoms with Crippen LogP contribution < -0.4 is 11.1 Å². The monoisotopic (exact) mass is 304 g/mol. The van der Waals surface area contributed by atoms with Crippen LogP contribution in [0.4, 0.5) is 10.1 Å². The maximum absolute atomic E-state index is 13.5. The van der Waals surface area contributed by atoms with Crippen LogP contribution in [0, 0.1) is 5.82 Å². The van der Waals surface area contributed by atoms with Crippen LogP contribution in [0.3, 0.4) is 0 Å². The molecular weight excluding hydrogens is 287 g/mol. The Labute approximate surface area is 123 Å². The summed E-state index contributed by atoms with van der Waals surface area (Å²) >= 11 is 0. The van der Waals surface area contributed by atoms with Crippen molar-refractivity contribution in [2.24, 2.45) is 5.73 Å². The summed E-state index contributed by atoms with van der Waals surface area (Å²) in [4.78, 5) is 22.9. The summed E-state index contributed by atoms with van der Waals surface area (Å²) in [5.74, 6) is -1.55. The van der Waals surface area contributed by atoms with E-state index in [9.17, 15) is 14.0 Å². The van der Waals surface area contributed by atoms with E-state index in [4.69, 9.17) is 5.73 Å². The number of benzene rings is 1. The summed E-state index contributed by atoms with van der Waals surface area (Å²) in [6, 6.07) is 3.54. The fourth-order valence-corrected chi connectivity index (χ4v) is 1.44. The van der Waals surface area contributed by atoms with Gasteiger partial charge >= 0.3 is 5.97 Å². The van der Waals surface area contributed by atoms with Crippen molar-refractivity contribution in [2.75, 3.05) is 12.4 Å². The molecule has 0 saturated heterocycles. The van der Waals surface area contributed by atoms with Crippen LogP contribution in [-0.2, 0) is 9.53 Å². The van der Waals surface area contributed by atoms with Gasteiger partial charge in [-0.25, -0.2) is 9.18 Å². The Morgan fingerprint density at radius 1 is 1.45 bits per heavy atom. The minimum atomic E-state index is -0.609. The number of halogens is 2. The van der Waals surface area contributed by atoms with Gasteiger partial charge in [-0.3, -0.25) is 4.79 Å². The Morgan fingerprint density at radius 3 is 2.65 bits per heavy atom. The van der Waals surface area contributed by atoms with Crippen molar-refractivity contribution in [1.82, 2.24) is 0 Å². The summed E-state index contributed by atoms with van der Waals surface area (Å²) in [5.41, 5.74) is 5.66. The largest absolute Gasteiger partial charge is 0.465 e. The number of ether oxygens (including phenoxy) is 1. The number of nitrogens with one attached hydrogen (secondary N) is 1. The molecule has 0 radical (unpaired) electrons. The van der Waals surface area contributed by atoms with Gasteiger partial charge in [0.15, 0.2) is 0 Å². The van der Waals surface area contributed by atoms with E-state index < -0.39 is 11.8 Å². The maximum Gasteiger partial charge on any atom is 0.337 e. The standard InChI is InChI=1S/C13H17FN2O3.ClH/c1-8(15)3-6-12(17)16-11-7-9(13(18)19-2)4-5-10(11)14;/h4-5,7-8H,3,6,15H2,1-2H3,(H,16,17);1H.